The van der Waals surface area contributed by atoms with Crippen LogP contribution in [0.2, 0.25) is 0 Å². The zero-order chi connectivity index (χ0) is 9.68. The van der Waals surface area contributed by atoms with Gasteiger partial charge in [0.2, 0.25) is 0 Å². The SMILES string of the molecule is CC.O[C@H]1CCCc2ccccc21. The molecule has 0 fully saturated rings. The van der Waals surface area contributed by atoms with Crippen molar-refractivity contribution < 1.29 is 5.11 Å². The van der Waals surface area contributed by atoms with Crippen molar-refractivity contribution in [1.82, 2.24) is 0 Å². The van der Waals surface area contributed by atoms with Crippen LogP contribution in [-0.4, -0.2) is 5.11 Å². The van der Waals surface area contributed by atoms with Crippen molar-refractivity contribution in [2.24, 2.45) is 0 Å². The summed E-state index contributed by atoms with van der Waals surface area (Å²) < 4.78 is 0. The van der Waals surface area contributed by atoms with Crippen LogP contribution in [0, 0.1) is 0 Å². The highest BCUT2D eigenvalue weighted by Gasteiger charge is 2.15. The Morgan fingerprint density at radius 1 is 1.23 bits per heavy atom. The molecule has 0 heterocycles. The quantitative estimate of drug-likeness (QED) is 0.647. The van der Waals surface area contributed by atoms with Crippen LogP contribution in [0.4, 0.5) is 0 Å². The van der Waals surface area contributed by atoms with E-state index >= 15 is 0 Å². The molecule has 1 nitrogen and oxygen atoms in total. The van der Waals surface area contributed by atoms with Gasteiger partial charge in [0.15, 0.2) is 0 Å². The summed E-state index contributed by atoms with van der Waals surface area (Å²) in [4.78, 5) is 0. The molecule has 2 rings (SSSR count). The largest absolute Gasteiger partial charge is 0.388 e. The highest BCUT2D eigenvalue weighted by atomic mass is 16.3. The molecule has 1 atom stereocenters. The van der Waals surface area contributed by atoms with Gasteiger partial charge in [-0.05, 0) is 30.4 Å². The Kier molecular flexibility index (Phi) is 3.97. The average molecular weight is 178 g/mol. The predicted octanol–water partition coefficient (Wildman–Crippen LogP) is 3.08. The highest BCUT2D eigenvalue weighted by molar-refractivity contribution is 5.30. The van der Waals surface area contributed by atoms with Crippen molar-refractivity contribution in [3.63, 3.8) is 0 Å². The van der Waals surface area contributed by atoms with E-state index < -0.39 is 0 Å². The van der Waals surface area contributed by atoms with E-state index in [0.717, 1.165) is 24.8 Å². The Hall–Kier alpha value is -0.820. The third kappa shape index (κ3) is 2.31. The summed E-state index contributed by atoms with van der Waals surface area (Å²) in [5.41, 5.74) is 2.46. The standard InChI is InChI=1S/C10H12O.C2H6/c11-10-7-3-5-8-4-1-2-6-9(8)10;1-2/h1-2,4,6,10-11H,3,5,7H2;1-2H3/t10-;/m0./s1. The fraction of sp³-hybridized carbons (Fsp3) is 0.500. The van der Waals surface area contributed by atoms with Crippen LogP contribution >= 0.6 is 0 Å². The van der Waals surface area contributed by atoms with Gasteiger partial charge in [0, 0.05) is 0 Å². The van der Waals surface area contributed by atoms with Gasteiger partial charge in [-0.2, -0.15) is 0 Å². The number of fused-ring (bicyclic) bond motifs is 1. The van der Waals surface area contributed by atoms with Gasteiger partial charge in [-0.1, -0.05) is 38.1 Å². The van der Waals surface area contributed by atoms with Crippen molar-refractivity contribution in [3.05, 3.63) is 35.4 Å². The molecule has 1 aliphatic rings. The first kappa shape index (κ1) is 10.3. The fourth-order valence-corrected chi connectivity index (χ4v) is 1.73. The molecule has 13 heavy (non-hydrogen) atoms. The summed E-state index contributed by atoms with van der Waals surface area (Å²) >= 11 is 0. The number of aliphatic hydroxyl groups is 1. The zero-order valence-corrected chi connectivity index (χ0v) is 8.46. The molecule has 0 aromatic heterocycles. The number of benzene rings is 1. The molecular formula is C12H18O. The first-order valence-corrected chi connectivity index (χ1v) is 5.14. The second-order valence-corrected chi connectivity index (χ2v) is 3.11. The second kappa shape index (κ2) is 5.03. The molecule has 1 aromatic carbocycles. The van der Waals surface area contributed by atoms with Gasteiger partial charge in [-0.25, -0.2) is 0 Å². The lowest BCUT2D eigenvalue weighted by atomic mass is 9.90. The maximum Gasteiger partial charge on any atom is 0.0792 e. The molecule has 0 bridgehead atoms. The molecule has 1 aromatic rings. The van der Waals surface area contributed by atoms with Gasteiger partial charge in [0.05, 0.1) is 6.10 Å². The minimum atomic E-state index is -0.208. The summed E-state index contributed by atoms with van der Waals surface area (Å²) in [5, 5.41) is 9.56. The van der Waals surface area contributed by atoms with E-state index in [1.807, 2.05) is 32.0 Å². The Morgan fingerprint density at radius 3 is 2.62 bits per heavy atom. The lowest BCUT2D eigenvalue weighted by molar-refractivity contribution is 0.156. The minimum Gasteiger partial charge on any atom is -0.388 e. The van der Waals surface area contributed by atoms with Crippen molar-refractivity contribution in [2.45, 2.75) is 39.2 Å². The van der Waals surface area contributed by atoms with Gasteiger partial charge in [0.1, 0.15) is 0 Å². The minimum absolute atomic E-state index is 0.208. The molecule has 0 radical (unpaired) electrons. The van der Waals surface area contributed by atoms with E-state index in [0.29, 0.717) is 0 Å². The summed E-state index contributed by atoms with van der Waals surface area (Å²) in [5.74, 6) is 0. The van der Waals surface area contributed by atoms with Crippen LogP contribution < -0.4 is 0 Å². The maximum absolute atomic E-state index is 9.56. The number of rotatable bonds is 0. The summed E-state index contributed by atoms with van der Waals surface area (Å²) in [6.45, 7) is 4.00. The summed E-state index contributed by atoms with van der Waals surface area (Å²) in [6.07, 6.45) is 2.97. The third-order valence-corrected chi connectivity index (χ3v) is 2.34. The van der Waals surface area contributed by atoms with Crippen molar-refractivity contribution in [3.8, 4) is 0 Å². The topological polar surface area (TPSA) is 20.2 Å². The zero-order valence-electron chi connectivity index (χ0n) is 8.46. The van der Waals surface area contributed by atoms with E-state index in [1.165, 1.54) is 5.56 Å². The van der Waals surface area contributed by atoms with Gasteiger partial charge in [-0.15, -0.1) is 0 Å². The van der Waals surface area contributed by atoms with Crippen molar-refractivity contribution in [1.29, 1.82) is 0 Å². The average Bonchev–Trinajstić information content (AvgIpc) is 2.22. The van der Waals surface area contributed by atoms with E-state index in [-0.39, 0.29) is 6.10 Å². The number of hydrogen-bond acceptors (Lipinski definition) is 1. The maximum atomic E-state index is 9.56. The highest BCUT2D eigenvalue weighted by Crippen LogP contribution is 2.28. The van der Waals surface area contributed by atoms with Gasteiger partial charge in [-0.3, -0.25) is 0 Å². The number of hydrogen-bond donors (Lipinski definition) is 1. The summed E-state index contributed by atoms with van der Waals surface area (Å²) in [7, 11) is 0. The Bertz CT molecular complexity index is 255. The normalized spacial score (nSPS) is 19.8. The molecule has 0 saturated carbocycles. The molecule has 1 N–H and O–H groups in total. The van der Waals surface area contributed by atoms with Crippen molar-refractivity contribution in [2.75, 3.05) is 0 Å². The third-order valence-electron chi connectivity index (χ3n) is 2.34. The van der Waals surface area contributed by atoms with E-state index in [9.17, 15) is 5.11 Å². The second-order valence-electron chi connectivity index (χ2n) is 3.11. The number of aryl methyl sites for hydroxylation is 1. The fourth-order valence-electron chi connectivity index (χ4n) is 1.73. The van der Waals surface area contributed by atoms with E-state index in [4.69, 9.17) is 0 Å². The van der Waals surface area contributed by atoms with Crippen molar-refractivity contribution >= 4 is 0 Å². The lowest BCUT2D eigenvalue weighted by Gasteiger charge is -2.20. The predicted molar refractivity (Wildman–Crippen MR) is 55.7 cm³/mol. The van der Waals surface area contributed by atoms with Crippen LogP contribution in [0.3, 0.4) is 0 Å². The van der Waals surface area contributed by atoms with E-state index in [2.05, 4.69) is 6.07 Å². The first-order chi connectivity index (χ1) is 6.38. The Labute approximate surface area is 80.4 Å². The van der Waals surface area contributed by atoms with Crippen LogP contribution in [-0.2, 0) is 6.42 Å². The summed E-state index contributed by atoms with van der Waals surface area (Å²) in [6, 6.07) is 8.17. The Balaban J connectivity index is 0.000000396. The van der Waals surface area contributed by atoms with Crippen LogP contribution in [0.25, 0.3) is 0 Å². The molecule has 0 aliphatic heterocycles. The lowest BCUT2D eigenvalue weighted by Crippen LogP contribution is -2.08. The molecule has 0 saturated heterocycles. The molecule has 0 unspecified atom stereocenters. The smallest absolute Gasteiger partial charge is 0.0792 e. The van der Waals surface area contributed by atoms with Crippen LogP contribution in [0.1, 0.15) is 43.9 Å². The molecular weight excluding hydrogens is 160 g/mol. The first-order valence-electron chi connectivity index (χ1n) is 5.14. The molecule has 0 spiro atoms. The van der Waals surface area contributed by atoms with E-state index in [1.54, 1.807) is 0 Å². The van der Waals surface area contributed by atoms with Gasteiger partial charge in [0.25, 0.3) is 0 Å². The van der Waals surface area contributed by atoms with Crippen LogP contribution in [0.5, 0.6) is 0 Å². The molecule has 0 amide bonds. The number of aliphatic hydroxyl groups excluding tert-OH is 1. The van der Waals surface area contributed by atoms with Gasteiger partial charge >= 0.3 is 0 Å². The monoisotopic (exact) mass is 178 g/mol. The molecule has 72 valence electrons. The Morgan fingerprint density at radius 2 is 1.92 bits per heavy atom. The van der Waals surface area contributed by atoms with Gasteiger partial charge < -0.3 is 5.11 Å². The van der Waals surface area contributed by atoms with Crippen LogP contribution in [0.15, 0.2) is 24.3 Å². The molecule has 1 aliphatic carbocycles. The molecule has 1 heteroatoms.